The summed E-state index contributed by atoms with van der Waals surface area (Å²) in [5, 5.41) is 5.79. The molecule has 0 radical (unpaired) electrons. The Morgan fingerprint density at radius 2 is 1.81 bits per heavy atom. The third-order valence-corrected chi connectivity index (χ3v) is 4.69. The van der Waals surface area contributed by atoms with E-state index < -0.39 is 17.6 Å². The Labute approximate surface area is 164 Å². The van der Waals surface area contributed by atoms with Crippen molar-refractivity contribution in [3.63, 3.8) is 0 Å². The van der Waals surface area contributed by atoms with Crippen molar-refractivity contribution in [3.05, 3.63) is 63.8 Å². The van der Waals surface area contributed by atoms with Crippen molar-refractivity contribution in [2.75, 3.05) is 11.9 Å². The van der Waals surface area contributed by atoms with Crippen molar-refractivity contribution < 1.29 is 14.4 Å². The third-order valence-electron chi connectivity index (χ3n) is 4.20. The molecule has 27 heavy (non-hydrogen) atoms. The zero-order valence-corrected chi connectivity index (χ0v) is 16.4. The minimum Gasteiger partial charge on any atom is -0.358 e. The fraction of sp³-hybridized carbons (Fsp3) is 0.150. The van der Waals surface area contributed by atoms with Gasteiger partial charge in [0, 0.05) is 26.8 Å². The predicted molar refractivity (Wildman–Crippen MR) is 108 cm³/mol. The van der Waals surface area contributed by atoms with Gasteiger partial charge in [0.25, 0.3) is 11.7 Å². The lowest BCUT2D eigenvalue weighted by Gasteiger charge is -2.09. The second-order valence-corrected chi connectivity index (χ2v) is 7.11. The molecule has 0 spiro atoms. The Morgan fingerprint density at radius 1 is 1.07 bits per heavy atom. The highest BCUT2D eigenvalue weighted by molar-refractivity contribution is 9.10. The average Bonchev–Trinajstić information content (AvgIpc) is 2.97. The second-order valence-electron chi connectivity index (χ2n) is 6.19. The van der Waals surface area contributed by atoms with Gasteiger partial charge < -0.3 is 15.6 Å². The molecule has 3 N–H and O–H groups in total. The van der Waals surface area contributed by atoms with Crippen LogP contribution in [-0.4, -0.2) is 29.1 Å². The van der Waals surface area contributed by atoms with E-state index in [0.29, 0.717) is 22.3 Å². The summed E-state index contributed by atoms with van der Waals surface area (Å²) in [5.74, 6) is -1.89. The fourth-order valence-electron chi connectivity index (χ4n) is 2.89. The molecule has 3 rings (SSSR count). The number of aryl methyl sites for hydroxylation is 2. The lowest BCUT2D eigenvalue weighted by Crippen LogP contribution is -2.37. The average molecular weight is 428 g/mol. The first-order chi connectivity index (χ1) is 12.9. The van der Waals surface area contributed by atoms with Gasteiger partial charge in [-0.3, -0.25) is 14.4 Å². The standard InChI is InChI=1S/C20H18BrN3O3/c1-11-9-13(21)7-8-15(11)24-17(25)10-22-20(27)19(26)18-12(2)23-16-6-4-3-5-14(16)18/h3-9,23H,10H2,1-2H3,(H,22,27)(H,24,25). The zero-order chi connectivity index (χ0) is 19.6. The van der Waals surface area contributed by atoms with E-state index in [2.05, 4.69) is 31.5 Å². The normalized spacial score (nSPS) is 10.6. The Hall–Kier alpha value is -2.93. The Kier molecular flexibility index (Phi) is 5.41. The highest BCUT2D eigenvalue weighted by atomic mass is 79.9. The lowest BCUT2D eigenvalue weighted by molar-refractivity contribution is -0.121. The number of H-pyrrole nitrogens is 1. The number of hydrogen-bond donors (Lipinski definition) is 3. The van der Waals surface area contributed by atoms with Gasteiger partial charge in [-0.15, -0.1) is 0 Å². The zero-order valence-electron chi connectivity index (χ0n) is 14.9. The van der Waals surface area contributed by atoms with E-state index in [4.69, 9.17) is 0 Å². The van der Waals surface area contributed by atoms with E-state index in [0.717, 1.165) is 15.6 Å². The molecule has 0 saturated heterocycles. The Morgan fingerprint density at radius 3 is 2.56 bits per heavy atom. The van der Waals surface area contributed by atoms with E-state index in [9.17, 15) is 14.4 Å². The van der Waals surface area contributed by atoms with E-state index in [-0.39, 0.29) is 6.54 Å². The number of ketones is 1. The number of fused-ring (bicyclic) bond motifs is 1. The molecular weight excluding hydrogens is 410 g/mol. The molecule has 138 valence electrons. The van der Waals surface area contributed by atoms with Crippen LogP contribution in [0.2, 0.25) is 0 Å². The molecule has 0 unspecified atom stereocenters. The number of aromatic nitrogens is 1. The van der Waals surface area contributed by atoms with Crippen molar-refractivity contribution in [2.45, 2.75) is 13.8 Å². The highest BCUT2D eigenvalue weighted by Crippen LogP contribution is 2.22. The van der Waals surface area contributed by atoms with Gasteiger partial charge in [0.1, 0.15) is 0 Å². The van der Waals surface area contributed by atoms with Crippen LogP contribution in [0, 0.1) is 13.8 Å². The number of halogens is 1. The smallest absolute Gasteiger partial charge is 0.292 e. The number of Topliss-reactive ketones (excluding diaryl/α,β-unsaturated/α-hetero) is 1. The van der Waals surface area contributed by atoms with Gasteiger partial charge in [0.2, 0.25) is 5.91 Å². The molecule has 0 aliphatic heterocycles. The van der Waals surface area contributed by atoms with Gasteiger partial charge in [-0.25, -0.2) is 0 Å². The maximum Gasteiger partial charge on any atom is 0.292 e. The topological polar surface area (TPSA) is 91.1 Å². The molecule has 6 nitrogen and oxygen atoms in total. The summed E-state index contributed by atoms with van der Waals surface area (Å²) < 4.78 is 0.908. The molecular formula is C20H18BrN3O3. The van der Waals surface area contributed by atoms with Crippen molar-refractivity contribution in [1.82, 2.24) is 10.3 Å². The first kappa shape index (κ1) is 18.8. The van der Waals surface area contributed by atoms with Crippen molar-refractivity contribution in [2.24, 2.45) is 0 Å². The number of hydrogen-bond acceptors (Lipinski definition) is 3. The number of anilines is 1. The quantitative estimate of drug-likeness (QED) is 0.429. The molecule has 0 atom stereocenters. The summed E-state index contributed by atoms with van der Waals surface area (Å²) in [6.07, 6.45) is 0. The first-order valence-electron chi connectivity index (χ1n) is 8.32. The van der Waals surface area contributed by atoms with Gasteiger partial charge in [0.05, 0.1) is 12.1 Å². The van der Waals surface area contributed by atoms with E-state index in [1.54, 1.807) is 25.1 Å². The number of benzene rings is 2. The molecule has 0 aliphatic rings. The van der Waals surface area contributed by atoms with Crippen LogP contribution in [0.3, 0.4) is 0 Å². The van der Waals surface area contributed by atoms with Crippen LogP contribution in [0.25, 0.3) is 10.9 Å². The number of nitrogens with one attached hydrogen (secondary N) is 3. The largest absolute Gasteiger partial charge is 0.358 e. The number of carbonyl (C=O) groups excluding carboxylic acids is 3. The lowest BCUT2D eigenvalue weighted by atomic mass is 10.1. The van der Waals surface area contributed by atoms with Crippen molar-refractivity contribution >= 4 is 50.1 Å². The fourth-order valence-corrected chi connectivity index (χ4v) is 3.36. The second kappa shape index (κ2) is 7.75. The number of aromatic amines is 1. The van der Waals surface area contributed by atoms with Crippen LogP contribution < -0.4 is 10.6 Å². The van der Waals surface area contributed by atoms with Gasteiger partial charge in [-0.1, -0.05) is 34.1 Å². The van der Waals surface area contributed by atoms with Crippen LogP contribution >= 0.6 is 15.9 Å². The highest BCUT2D eigenvalue weighted by Gasteiger charge is 2.22. The Bertz CT molecular complexity index is 1060. The van der Waals surface area contributed by atoms with Gasteiger partial charge in [-0.2, -0.15) is 0 Å². The van der Waals surface area contributed by atoms with E-state index in [1.807, 2.05) is 31.2 Å². The molecule has 0 saturated carbocycles. The predicted octanol–water partition coefficient (Wildman–Crippen LogP) is 3.48. The SMILES string of the molecule is Cc1cc(Br)ccc1NC(=O)CNC(=O)C(=O)c1c(C)[nH]c2ccccc12. The molecule has 1 heterocycles. The number of carbonyl (C=O) groups is 3. The van der Waals surface area contributed by atoms with Crippen LogP contribution in [0.15, 0.2) is 46.9 Å². The summed E-state index contributed by atoms with van der Waals surface area (Å²) >= 11 is 3.36. The summed E-state index contributed by atoms with van der Waals surface area (Å²) in [6.45, 7) is 3.31. The van der Waals surface area contributed by atoms with Gasteiger partial charge in [-0.05, 0) is 43.7 Å². The monoisotopic (exact) mass is 427 g/mol. The summed E-state index contributed by atoms with van der Waals surface area (Å²) in [6, 6.07) is 12.7. The van der Waals surface area contributed by atoms with Gasteiger partial charge in [0.15, 0.2) is 0 Å². The molecule has 7 heteroatoms. The van der Waals surface area contributed by atoms with Crippen molar-refractivity contribution in [3.8, 4) is 0 Å². The summed E-state index contributed by atoms with van der Waals surface area (Å²) in [4.78, 5) is 40.0. The minimum absolute atomic E-state index is 0.290. The molecule has 2 amide bonds. The van der Waals surface area contributed by atoms with Crippen LogP contribution in [-0.2, 0) is 9.59 Å². The van der Waals surface area contributed by atoms with Crippen molar-refractivity contribution in [1.29, 1.82) is 0 Å². The first-order valence-corrected chi connectivity index (χ1v) is 9.12. The third kappa shape index (κ3) is 4.09. The summed E-state index contributed by atoms with van der Waals surface area (Å²) in [7, 11) is 0. The number of amides is 2. The van der Waals surface area contributed by atoms with Crippen LogP contribution in [0.4, 0.5) is 5.69 Å². The van der Waals surface area contributed by atoms with E-state index in [1.165, 1.54) is 0 Å². The number of rotatable bonds is 5. The minimum atomic E-state index is -0.814. The Balaban J connectivity index is 1.65. The molecule has 2 aromatic carbocycles. The summed E-state index contributed by atoms with van der Waals surface area (Å²) in [5.41, 5.74) is 3.26. The van der Waals surface area contributed by atoms with Gasteiger partial charge >= 0.3 is 0 Å². The molecule has 0 fully saturated rings. The molecule has 0 aliphatic carbocycles. The van der Waals surface area contributed by atoms with Crippen LogP contribution in [0.5, 0.6) is 0 Å². The maximum absolute atomic E-state index is 12.5. The molecule has 3 aromatic rings. The van der Waals surface area contributed by atoms with E-state index >= 15 is 0 Å². The maximum atomic E-state index is 12.5. The molecule has 0 bridgehead atoms. The number of para-hydroxylation sites is 1. The molecule has 1 aromatic heterocycles. The van der Waals surface area contributed by atoms with Crippen LogP contribution in [0.1, 0.15) is 21.6 Å².